The van der Waals surface area contributed by atoms with Crippen molar-refractivity contribution < 1.29 is 4.79 Å². The average molecular weight is 363 g/mol. The molecular formula is C18H23ClN4O2. The fourth-order valence-corrected chi connectivity index (χ4v) is 3.16. The number of likely N-dealkylation sites (N-methyl/N-ethyl adjacent to an activating group) is 1. The smallest absolute Gasteiger partial charge is 0.267 e. The van der Waals surface area contributed by atoms with E-state index >= 15 is 0 Å². The van der Waals surface area contributed by atoms with Gasteiger partial charge in [-0.05, 0) is 26.0 Å². The summed E-state index contributed by atoms with van der Waals surface area (Å²) in [4.78, 5) is 26.5. The molecule has 1 N–H and O–H groups in total. The summed E-state index contributed by atoms with van der Waals surface area (Å²) in [5.41, 5.74) is 1.36. The van der Waals surface area contributed by atoms with E-state index in [1.54, 1.807) is 6.07 Å². The van der Waals surface area contributed by atoms with Crippen molar-refractivity contribution in [3.05, 3.63) is 52.8 Å². The molecule has 1 fully saturated rings. The van der Waals surface area contributed by atoms with Crippen LogP contribution in [-0.2, 0) is 11.3 Å². The van der Waals surface area contributed by atoms with E-state index < -0.39 is 0 Å². The van der Waals surface area contributed by atoms with Gasteiger partial charge in [-0.1, -0.05) is 30.3 Å². The van der Waals surface area contributed by atoms with Crippen LogP contribution in [0, 0.1) is 0 Å². The first-order chi connectivity index (χ1) is 11.7. The molecule has 1 amide bonds. The number of rotatable bonds is 5. The number of nitrogens with one attached hydrogen (secondary N) is 1. The quantitative estimate of drug-likeness (QED) is 0.876. The number of nitrogens with zero attached hydrogens (tertiary/aromatic N) is 3. The van der Waals surface area contributed by atoms with Crippen molar-refractivity contribution in [1.82, 2.24) is 20.0 Å². The molecule has 0 bridgehead atoms. The number of carbonyl (C=O) groups is 1. The van der Waals surface area contributed by atoms with Crippen molar-refractivity contribution in [2.24, 2.45) is 0 Å². The van der Waals surface area contributed by atoms with Crippen molar-refractivity contribution >= 4 is 18.3 Å². The molecule has 1 aromatic heterocycles. The molecule has 0 spiro atoms. The van der Waals surface area contributed by atoms with Crippen LogP contribution in [0.3, 0.4) is 0 Å². The van der Waals surface area contributed by atoms with Gasteiger partial charge >= 0.3 is 0 Å². The lowest BCUT2D eigenvalue weighted by Crippen LogP contribution is -2.43. The lowest BCUT2D eigenvalue weighted by molar-refractivity contribution is -0.132. The molecule has 7 heteroatoms. The molecule has 134 valence electrons. The van der Waals surface area contributed by atoms with Gasteiger partial charge in [0.25, 0.3) is 5.56 Å². The molecule has 0 aliphatic carbocycles. The van der Waals surface area contributed by atoms with Crippen molar-refractivity contribution in [2.75, 3.05) is 20.1 Å². The number of amides is 1. The standard InChI is InChI=1S/C18H22N4O2.ClH/c1-19-12-15-8-5-11-21(15)18(24)13-22-17(23)10-9-16(20-22)14-6-3-2-4-7-14;/h2-4,6-7,9-10,15,19H,5,8,11-13H2,1H3;1H. The number of likely N-dealkylation sites (tertiary alicyclic amines) is 1. The fourth-order valence-electron chi connectivity index (χ4n) is 3.16. The highest BCUT2D eigenvalue weighted by molar-refractivity contribution is 5.85. The zero-order chi connectivity index (χ0) is 16.9. The Kier molecular flexibility index (Phi) is 6.73. The highest BCUT2D eigenvalue weighted by Crippen LogP contribution is 2.17. The number of aromatic nitrogens is 2. The van der Waals surface area contributed by atoms with Crippen LogP contribution < -0.4 is 10.9 Å². The first kappa shape index (κ1) is 19.1. The lowest BCUT2D eigenvalue weighted by Gasteiger charge is -2.24. The summed E-state index contributed by atoms with van der Waals surface area (Å²) < 4.78 is 1.26. The third kappa shape index (κ3) is 4.46. The van der Waals surface area contributed by atoms with Crippen LogP contribution >= 0.6 is 12.4 Å². The van der Waals surface area contributed by atoms with Gasteiger partial charge in [0.2, 0.25) is 5.91 Å². The number of benzene rings is 1. The molecule has 1 aliphatic heterocycles. The second-order valence-corrected chi connectivity index (χ2v) is 6.02. The van der Waals surface area contributed by atoms with Crippen LogP contribution in [0.5, 0.6) is 0 Å². The first-order valence-electron chi connectivity index (χ1n) is 8.26. The third-order valence-corrected chi connectivity index (χ3v) is 4.36. The number of hydrogen-bond acceptors (Lipinski definition) is 4. The molecular weight excluding hydrogens is 340 g/mol. The Hall–Kier alpha value is -2.18. The zero-order valence-corrected chi connectivity index (χ0v) is 15.0. The van der Waals surface area contributed by atoms with Crippen molar-refractivity contribution in [1.29, 1.82) is 0 Å². The Morgan fingerprint density at radius 3 is 2.72 bits per heavy atom. The predicted molar refractivity (Wildman–Crippen MR) is 99.8 cm³/mol. The van der Waals surface area contributed by atoms with E-state index in [9.17, 15) is 9.59 Å². The summed E-state index contributed by atoms with van der Waals surface area (Å²) in [6, 6.07) is 13.0. The summed E-state index contributed by atoms with van der Waals surface area (Å²) in [6.45, 7) is 1.51. The highest BCUT2D eigenvalue weighted by Gasteiger charge is 2.28. The van der Waals surface area contributed by atoms with Crippen LogP contribution in [-0.4, -0.2) is 46.8 Å². The minimum Gasteiger partial charge on any atom is -0.337 e. The molecule has 1 saturated heterocycles. The molecule has 1 atom stereocenters. The van der Waals surface area contributed by atoms with Crippen molar-refractivity contribution in [2.45, 2.75) is 25.4 Å². The molecule has 0 saturated carbocycles. The van der Waals surface area contributed by atoms with Crippen LogP contribution in [0.15, 0.2) is 47.3 Å². The average Bonchev–Trinajstić information content (AvgIpc) is 3.06. The molecule has 2 aromatic rings. The van der Waals surface area contributed by atoms with Gasteiger partial charge in [-0.2, -0.15) is 5.10 Å². The Morgan fingerprint density at radius 2 is 2.00 bits per heavy atom. The minimum absolute atomic E-state index is 0. The van der Waals surface area contributed by atoms with E-state index in [4.69, 9.17) is 0 Å². The summed E-state index contributed by atoms with van der Waals surface area (Å²) >= 11 is 0. The van der Waals surface area contributed by atoms with Crippen molar-refractivity contribution in [3.63, 3.8) is 0 Å². The largest absolute Gasteiger partial charge is 0.337 e. The van der Waals surface area contributed by atoms with Gasteiger partial charge in [0, 0.05) is 30.8 Å². The predicted octanol–water partition coefficient (Wildman–Crippen LogP) is 1.54. The SMILES string of the molecule is CNCC1CCCN1C(=O)Cn1nc(-c2ccccc2)ccc1=O.Cl. The van der Waals surface area contributed by atoms with E-state index in [-0.39, 0.29) is 36.5 Å². The van der Waals surface area contributed by atoms with Gasteiger partial charge in [-0.25, -0.2) is 4.68 Å². The summed E-state index contributed by atoms with van der Waals surface area (Å²) in [6.07, 6.45) is 2.00. The molecule has 6 nitrogen and oxygen atoms in total. The second kappa shape index (κ2) is 8.78. The molecule has 1 unspecified atom stereocenters. The van der Waals surface area contributed by atoms with Gasteiger partial charge in [0.1, 0.15) is 6.54 Å². The van der Waals surface area contributed by atoms with E-state index in [0.29, 0.717) is 5.69 Å². The van der Waals surface area contributed by atoms with Gasteiger partial charge in [-0.15, -0.1) is 12.4 Å². The highest BCUT2D eigenvalue weighted by atomic mass is 35.5. The second-order valence-electron chi connectivity index (χ2n) is 6.02. The molecule has 0 radical (unpaired) electrons. The maximum absolute atomic E-state index is 12.6. The lowest BCUT2D eigenvalue weighted by atomic mass is 10.1. The van der Waals surface area contributed by atoms with Gasteiger partial charge in [-0.3, -0.25) is 9.59 Å². The number of hydrogen-bond donors (Lipinski definition) is 1. The normalized spacial score (nSPS) is 16.5. The third-order valence-electron chi connectivity index (χ3n) is 4.36. The Labute approximate surface area is 153 Å². The molecule has 3 rings (SSSR count). The molecule has 1 aliphatic rings. The van der Waals surface area contributed by atoms with Crippen LogP contribution in [0.4, 0.5) is 0 Å². The first-order valence-corrected chi connectivity index (χ1v) is 8.26. The zero-order valence-electron chi connectivity index (χ0n) is 14.2. The topological polar surface area (TPSA) is 67.2 Å². The Bertz CT molecular complexity index is 763. The molecule has 2 heterocycles. The van der Waals surface area contributed by atoms with Gasteiger partial charge < -0.3 is 10.2 Å². The van der Waals surface area contributed by atoms with E-state index in [1.807, 2.05) is 42.3 Å². The van der Waals surface area contributed by atoms with E-state index in [0.717, 1.165) is 31.5 Å². The summed E-state index contributed by atoms with van der Waals surface area (Å²) in [7, 11) is 1.89. The number of carbonyl (C=O) groups excluding carboxylic acids is 1. The Balaban J connectivity index is 0.00000225. The molecule has 1 aromatic carbocycles. The Morgan fingerprint density at radius 1 is 1.24 bits per heavy atom. The van der Waals surface area contributed by atoms with Crippen LogP contribution in [0.1, 0.15) is 12.8 Å². The van der Waals surface area contributed by atoms with E-state index in [2.05, 4.69) is 10.4 Å². The summed E-state index contributed by atoms with van der Waals surface area (Å²) in [5.74, 6) is -0.0486. The van der Waals surface area contributed by atoms with Gasteiger partial charge in [0.15, 0.2) is 0 Å². The fraction of sp³-hybridized carbons (Fsp3) is 0.389. The monoisotopic (exact) mass is 362 g/mol. The van der Waals surface area contributed by atoms with Crippen molar-refractivity contribution in [3.8, 4) is 11.3 Å². The maximum Gasteiger partial charge on any atom is 0.267 e. The maximum atomic E-state index is 12.6. The van der Waals surface area contributed by atoms with Crippen LogP contribution in [0.25, 0.3) is 11.3 Å². The molecule has 25 heavy (non-hydrogen) atoms. The van der Waals surface area contributed by atoms with Gasteiger partial charge in [0.05, 0.1) is 5.69 Å². The number of halogens is 1. The van der Waals surface area contributed by atoms with Crippen LogP contribution in [0.2, 0.25) is 0 Å². The summed E-state index contributed by atoms with van der Waals surface area (Å²) in [5, 5.41) is 7.49. The van der Waals surface area contributed by atoms with E-state index in [1.165, 1.54) is 10.7 Å². The minimum atomic E-state index is -0.257.